The molecular weight excluding hydrogens is 270 g/mol. The van der Waals surface area contributed by atoms with Gasteiger partial charge in [-0.15, -0.1) is 0 Å². The Labute approximate surface area is 122 Å². The monoisotopic (exact) mass is 287 g/mol. The van der Waals surface area contributed by atoms with E-state index in [1.807, 2.05) is 18.2 Å². The largest absolute Gasteiger partial charge is 0.393 e. The van der Waals surface area contributed by atoms with Crippen molar-refractivity contribution in [1.29, 1.82) is 0 Å². The van der Waals surface area contributed by atoms with Gasteiger partial charge in [0.1, 0.15) is 11.3 Å². The topological polar surface area (TPSA) is 88.3 Å². The zero-order valence-corrected chi connectivity index (χ0v) is 11.7. The van der Waals surface area contributed by atoms with Crippen molar-refractivity contribution in [3.8, 4) is 0 Å². The predicted molar refractivity (Wildman–Crippen MR) is 74.4 cm³/mol. The Morgan fingerprint density at radius 3 is 2.86 bits per heavy atom. The highest BCUT2D eigenvalue weighted by molar-refractivity contribution is 5.95. The highest BCUT2D eigenvalue weighted by atomic mass is 16.5. The third kappa shape index (κ3) is 2.80. The van der Waals surface area contributed by atoms with E-state index >= 15 is 0 Å². The van der Waals surface area contributed by atoms with E-state index in [-0.39, 0.29) is 24.0 Å². The van der Waals surface area contributed by atoms with Gasteiger partial charge in [0, 0.05) is 6.20 Å². The lowest BCUT2D eigenvalue weighted by atomic mass is 9.76. The molecule has 2 heterocycles. The average molecular weight is 287 g/mol. The number of hydrogen-bond acceptors (Lipinski definition) is 5. The number of aromatic nitrogens is 2. The minimum atomic E-state index is -0.282. The van der Waals surface area contributed by atoms with Crippen LogP contribution in [-0.2, 0) is 0 Å². The standard InChI is InChI=1S/C15H17N3O3/c1-9-12(8-17-21-9)15(20)18-14(10-6-11(19)7-10)13-4-2-3-5-16-13/h2-5,8,10-11,14,19H,6-7H2,1H3,(H,18,20). The Kier molecular flexibility index (Phi) is 3.70. The molecule has 1 fully saturated rings. The van der Waals surface area contributed by atoms with Crippen LogP contribution in [0.2, 0.25) is 0 Å². The molecule has 110 valence electrons. The van der Waals surface area contributed by atoms with Crippen LogP contribution in [0.1, 0.15) is 40.7 Å². The van der Waals surface area contributed by atoms with Crippen molar-refractivity contribution in [3.63, 3.8) is 0 Å². The molecular formula is C15H17N3O3. The highest BCUT2D eigenvalue weighted by Crippen LogP contribution is 2.37. The Hall–Kier alpha value is -2.21. The van der Waals surface area contributed by atoms with Crippen LogP contribution in [0.5, 0.6) is 0 Å². The third-order valence-corrected chi connectivity index (χ3v) is 3.91. The molecule has 0 aromatic carbocycles. The van der Waals surface area contributed by atoms with Crippen LogP contribution in [0, 0.1) is 12.8 Å². The molecule has 3 rings (SSSR count). The fourth-order valence-corrected chi connectivity index (χ4v) is 2.63. The number of aliphatic hydroxyl groups excluding tert-OH is 1. The molecule has 2 aromatic rings. The molecule has 1 atom stereocenters. The van der Waals surface area contributed by atoms with Gasteiger partial charge in [-0.2, -0.15) is 0 Å². The van der Waals surface area contributed by atoms with Gasteiger partial charge in [-0.25, -0.2) is 0 Å². The van der Waals surface area contributed by atoms with Crippen molar-refractivity contribution in [2.75, 3.05) is 0 Å². The molecule has 0 aliphatic heterocycles. The molecule has 1 saturated carbocycles. The lowest BCUT2D eigenvalue weighted by Crippen LogP contribution is -2.41. The van der Waals surface area contributed by atoms with Gasteiger partial charge >= 0.3 is 0 Å². The number of carbonyl (C=O) groups is 1. The molecule has 2 aromatic heterocycles. The number of pyridine rings is 1. The number of nitrogens with one attached hydrogen (secondary N) is 1. The van der Waals surface area contributed by atoms with Crippen LogP contribution >= 0.6 is 0 Å². The normalized spacial score (nSPS) is 22.4. The van der Waals surface area contributed by atoms with Crippen LogP contribution in [0.3, 0.4) is 0 Å². The van der Waals surface area contributed by atoms with Crippen LogP contribution in [0.15, 0.2) is 35.1 Å². The molecule has 0 spiro atoms. The number of aryl methyl sites for hydroxylation is 1. The maximum Gasteiger partial charge on any atom is 0.257 e. The third-order valence-electron chi connectivity index (χ3n) is 3.91. The summed E-state index contributed by atoms with van der Waals surface area (Å²) in [6.45, 7) is 1.70. The van der Waals surface area contributed by atoms with Crippen LogP contribution in [0.25, 0.3) is 0 Å². The van der Waals surface area contributed by atoms with Crippen molar-refractivity contribution in [2.24, 2.45) is 5.92 Å². The first kappa shape index (κ1) is 13.8. The molecule has 21 heavy (non-hydrogen) atoms. The number of rotatable bonds is 4. The maximum absolute atomic E-state index is 12.3. The van der Waals surface area contributed by atoms with Crippen LogP contribution in [-0.4, -0.2) is 27.3 Å². The maximum atomic E-state index is 12.3. The van der Waals surface area contributed by atoms with Gasteiger partial charge in [-0.3, -0.25) is 9.78 Å². The van der Waals surface area contributed by atoms with Crippen LogP contribution in [0.4, 0.5) is 0 Å². The first-order chi connectivity index (χ1) is 10.1. The first-order valence-corrected chi connectivity index (χ1v) is 6.96. The van der Waals surface area contributed by atoms with E-state index in [0.717, 1.165) is 5.69 Å². The number of nitrogens with zero attached hydrogens (tertiary/aromatic N) is 2. The average Bonchev–Trinajstić information content (AvgIpc) is 2.89. The van der Waals surface area contributed by atoms with Gasteiger partial charge < -0.3 is 14.9 Å². The van der Waals surface area contributed by atoms with Crippen LogP contribution < -0.4 is 5.32 Å². The van der Waals surface area contributed by atoms with Gasteiger partial charge in [0.15, 0.2) is 0 Å². The van der Waals surface area contributed by atoms with Crippen molar-refractivity contribution in [3.05, 3.63) is 47.6 Å². The SMILES string of the molecule is Cc1oncc1C(=O)NC(c1ccccn1)C1CC(O)C1. The Morgan fingerprint density at radius 2 is 2.29 bits per heavy atom. The Morgan fingerprint density at radius 1 is 1.48 bits per heavy atom. The fourth-order valence-electron chi connectivity index (χ4n) is 2.63. The summed E-state index contributed by atoms with van der Waals surface area (Å²) in [5.41, 5.74) is 1.23. The van der Waals surface area contributed by atoms with Crippen molar-refractivity contribution >= 4 is 5.91 Å². The minimum Gasteiger partial charge on any atom is -0.393 e. The minimum absolute atomic E-state index is 0.194. The van der Waals surface area contributed by atoms with Crippen molar-refractivity contribution in [1.82, 2.24) is 15.5 Å². The molecule has 1 aliphatic carbocycles. The summed E-state index contributed by atoms with van der Waals surface area (Å²) in [5.74, 6) is 0.450. The predicted octanol–water partition coefficient (Wildman–Crippen LogP) is 1.62. The summed E-state index contributed by atoms with van der Waals surface area (Å²) in [6, 6.07) is 5.40. The van der Waals surface area contributed by atoms with E-state index in [1.165, 1.54) is 6.20 Å². The Balaban J connectivity index is 1.80. The van der Waals surface area contributed by atoms with Gasteiger partial charge in [0.05, 0.1) is 24.0 Å². The molecule has 0 radical (unpaired) electrons. The second-order valence-corrected chi connectivity index (χ2v) is 5.39. The lowest BCUT2D eigenvalue weighted by Gasteiger charge is -2.37. The molecule has 1 amide bonds. The molecule has 1 aliphatic rings. The van der Waals surface area contributed by atoms with Gasteiger partial charge in [-0.1, -0.05) is 11.2 Å². The first-order valence-electron chi connectivity index (χ1n) is 6.96. The summed E-state index contributed by atoms with van der Waals surface area (Å²) in [5, 5.41) is 16.1. The zero-order valence-electron chi connectivity index (χ0n) is 11.7. The smallest absolute Gasteiger partial charge is 0.257 e. The lowest BCUT2D eigenvalue weighted by molar-refractivity contribution is 0.0228. The van der Waals surface area contributed by atoms with E-state index in [9.17, 15) is 9.90 Å². The second-order valence-electron chi connectivity index (χ2n) is 5.39. The van der Waals surface area contributed by atoms with E-state index in [2.05, 4.69) is 15.5 Å². The summed E-state index contributed by atoms with van der Waals surface area (Å²) < 4.78 is 4.92. The zero-order chi connectivity index (χ0) is 14.8. The van der Waals surface area contributed by atoms with Crippen molar-refractivity contribution in [2.45, 2.75) is 31.9 Å². The molecule has 2 N–H and O–H groups in total. The molecule has 6 nitrogen and oxygen atoms in total. The van der Waals surface area contributed by atoms with E-state index in [4.69, 9.17) is 4.52 Å². The van der Waals surface area contributed by atoms with Gasteiger partial charge in [0.25, 0.3) is 5.91 Å². The van der Waals surface area contributed by atoms with E-state index < -0.39 is 0 Å². The van der Waals surface area contributed by atoms with E-state index in [0.29, 0.717) is 24.2 Å². The molecule has 6 heteroatoms. The van der Waals surface area contributed by atoms with Gasteiger partial charge in [-0.05, 0) is 37.8 Å². The molecule has 0 saturated heterocycles. The Bertz CT molecular complexity index is 620. The summed E-state index contributed by atoms with van der Waals surface area (Å²) in [7, 11) is 0. The summed E-state index contributed by atoms with van der Waals surface area (Å²) >= 11 is 0. The van der Waals surface area contributed by atoms with Gasteiger partial charge in [0.2, 0.25) is 0 Å². The molecule has 0 bridgehead atoms. The quantitative estimate of drug-likeness (QED) is 0.892. The summed E-state index contributed by atoms with van der Waals surface area (Å²) in [6.07, 6.45) is 4.17. The van der Waals surface area contributed by atoms with E-state index in [1.54, 1.807) is 13.1 Å². The number of amides is 1. The number of aliphatic hydroxyl groups is 1. The number of hydrogen-bond donors (Lipinski definition) is 2. The second kappa shape index (κ2) is 5.65. The molecule has 1 unspecified atom stereocenters. The number of carbonyl (C=O) groups excluding carboxylic acids is 1. The fraction of sp³-hybridized carbons (Fsp3) is 0.400. The summed E-state index contributed by atoms with van der Waals surface area (Å²) in [4.78, 5) is 16.7. The highest BCUT2D eigenvalue weighted by Gasteiger charge is 2.36. The van der Waals surface area contributed by atoms with Crippen molar-refractivity contribution < 1.29 is 14.4 Å².